The van der Waals surface area contributed by atoms with Crippen molar-refractivity contribution in [3.63, 3.8) is 0 Å². The fraction of sp³-hybridized carbons (Fsp3) is 0.261. The SMILES string of the molecule is C=Cc1nc(Nc2cc(C(=O)Cc3ccccc3)ccn2)nc(N2CCN(C)CC2)n1. The lowest BCUT2D eigenvalue weighted by molar-refractivity contribution is 0.0993. The second-order valence-corrected chi connectivity index (χ2v) is 7.45. The predicted molar refractivity (Wildman–Crippen MR) is 122 cm³/mol. The number of ketones is 1. The van der Waals surface area contributed by atoms with Crippen LogP contribution in [0.25, 0.3) is 6.08 Å². The fourth-order valence-electron chi connectivity index (χ4n) is 3.35. The molecule has 0 bridgehead atoms. The van der Waals surface area contributed by atoms with Crippen molar-refractivity contribution in [2.75, 3.05) is 43.4 Å². The highest BCUT2D eigenvalue weighted by Crippen LogP contribution is 2.18. The van der Waals surface area contributed by atoms with Gasteiger partial charge in [-0.1, -0.05) is 36.9 Å². The number of hydrogen-bond donors (Lipinski definition) is 1. The minimum absolute atomic E-state index is 0.0252. The van der Waals surface area contributed by atoms with Crippen LogP contribution in [-0.2, 0) is 6.42 Å². The van der Waals surface area contributed by atoms with E-state index >= 15 is 0 Å². The van der Waals surface area contributed by atoms with E-state index in [1.54, 1.807) is 24.4 Å². The van der Waals surface area contributed by atoms with Gasteiger partial charge in [0.2, 0.25) is 11.9 Å². The van der Waals surface area contributed by atoms with E-state index in [1.807, 2.05) is 30.3 Å². The Bertz CT molecular complexity index is 1060. The summed E-state index contributed by atoms with van der Waals surface area (Å²) in [5.41, 5.74) is 1.56. The molecule has 3 heterocycles. The molecule has 1 fully saturated rings. The summed E-state index contributed by atoms with van der Waals surface area (Å²) in [4.78, 5) is 34.9. The van der Waals surface area contributed by atoms with Gasteiger partial charge in [0.05, 0.1) is 0 Å². The van der Waals surface area contributed by atoms with E-state index in [0.717, 1.165) is 31.7 Å². The van der Waals surface area contributed by atoms with Crippen molar-refractivity contribution in [3.8, 4) is 0 Å². The number of pyridine rings is 1. The number of carbonyl (C=O) groups excluding carboxylic acids is 1. The van der Waals surface area contributed by atoms with Crippen LogP contribution >= 0.6 is 0 Å². The molecule has 0 atom stereocenters. The topological polar surface area (TPSA) is 87.1 Å². The maximum Gasteiger partial charge on any atom is 0.233 e. The first kappa shape index (κ1) is 20.6. The molecule has 4 rings (SSSR count). The fourth-order valence-corrected chi connectivity index (χ4v) is 3.35. The zero-order valence-electron chi connectivity index (χ0n) is 17.5. The van der Waals surface area contributed by atoms with E-state index < -0.39 is 0 Å². The molecule has 0 saturated carbocycles. The van der Waals surface area contributed by atoms with Crippen LogP contribution in [0.4, 0.5) is 17.7 Å². The number of aromatic nitrogens is 4. The van der Waals surface area contributed by atoms with Gasteiger partial charge in [-0.3, -0.25) is 4.79 Å². The summed E-state index contributed by atoms with van der Waals surface area (Å²) >= 11 is 0. The smallest absolute Gasteiger partial charge is 0.233 e. The molecule has 0 radical (unpaired) electrons. The minimum Gasteiger partial charge on any atom is -0.338 e. The first-order chi connectivity index (χ1) is 15.1. The van der Waals surface area contributed by atoms with Gasteiger partial charge >= 0.3 is 0 Å². The van der Waals surface area contributed by atoms with Crippen LogP contribution in [0, 0.1) is 0 Å². The maximum absolute atomic E-state index is 12.7. The van der Waals surface area contributed by atoms with E-state index in [-0.39, 0.29) is 5.78 Å². The summed E-state index contributed by atoms with van der Waals surface area (Å²) in [5, 5.41) is 3.12. The summed E-state index contributed by atoms with van der Waals surface area (Å²) < 4.78 is 0. The highest BCUT2D eigenvalue weighted by atomic mass is 16.1. The lowest BCUT2D eigenvalue weighted by atomic mass is 10.0. The Labute approximate surface area is 181 Å². The molecule has 2 aromatic heterocycles. The Morgan fingerprint density at radius 3 is 2.61 bits per heavy atom. The van der Waals surface area contributed by atoms with Gasteiger partial charge in [-0.05, 0) is 30.8 Å². The molecule has 1 N–H and O–H groups in total. The molecule has 0 unspecified atom stereocenters. The van der Waals surface area contributed by atoms with Gasteiger partial charge in [0, 0.05) is 44.4 Å². The van der Waals surface area contributed by atoms with Gasteiger partial charge in [-0.2, -0.15) is 15.0 Å². The summed E-state index contributed by atoms with van der Waals surface area (Å²) in [6, 6.07) is 13.1. The third-order valence-electron chi connectivity index (χ3n) is 5.14. The van der Waals surface area contributed by atoms with Gasteiger partial charge in [-0.15, -0.1) is 0 Å². The summed E-state index contributed by atoms with van der Waals surface area (Å²) in [6.45, 7) is 7.38. The van der Waals surface area contributed by atoms with Crippen molar-refractivity contribution in [3.05, 3.63) is 72.2 Å². The molecule has 1 aliphatic rings. The molecule has 8 heteroatoms. The Kier molecular flexibility index (Phi) is 6.28. The zero-order valence-corrected chi connectivity index (χ0v) is 17.5. The van der Waals surface area contributed by atoms with Crippen molar-refractivity contribution >= 4 is 29.6 Å². The Hall–Kier alpha value is -3.65. The van der Waals surface area contributed by atoms with Crippen molar-refractivity contribution in [2.24, 2.45) is 0 Å². The zero-order chi connectivity index (χ0) is 21.6. The molecule has 1 aromatic carbocycles. The number of benzene rings is 1. The van der Waals surface area contributed by atoms with Crippen LogP contribution < -0.4 is 10.2 Å². The number of anilines is 3. The number of piperazine rings is 1. The average molecular weight is 416 g/mol. The van der Waals surface area contributed by atoms with Crippen molar-refractivity contribution < 1.29 is 4.79 Å². The van der Waals surface area contributed by atoms with E-state index in [2.05, 4.69) is 48.7 Å². The number of nitrogens with zero attached hydrogens (tertiary/aromatic N) is 6. The molecular formula is C23H25N7O. The van der Waals surface area contributed by atoms with Crippen LogP contribution in [0.3, 0.4) is 0 Å². The minimum atomic E-state index is 0.0252. The molecule has 1 saturated heterocycles. The van der Waals surface area contributed by atoms with Crippen molar-refractivity contribution in [1.29, 1.82) is 0 Å². The first-order valence-electron chi connectivity index (χ1n) is 10.2. The van der Waals surface area contributed by atoms with Crippen molar-refractivity contribution in [1.82, 2.24) is 24.8 Å². The summed E-state index contributed by atoms with van der Waals surface area (Å²) in [6.07, 6.45) is 3.54. The van der Waals surface area contributed by atoms with Crippen LogP contribution in [0.1, 0.15) is 21.7 Å². The summed E-state index contributed by atoms with van der Waals surface area (Å²) in [5.74, 6) is 2.00. The Morgan fingerprint density at radius 1 is 1.10 bits per heavy atom. The molecule has 0 aliphatic carbocycles. The number of carbonyl (C=O) groups is 1. The lowest BCUT2D eigenvalue weighted by Gasteiger charge is -2.32. The average Bonchev–Trinajstić information content (AvgIpc) is 2.80. The van der Waals surface area contributed by atoms with E-state index in [1.165, 1.54) is 0 Å². The molecular weight excluding hydrogens is 390 g/mol. The van der Waals surface area contributed by atoms with Crippen LogP contribution in [0.15, 0.2) is 55.2 Å². The lowest BCUT2D eigenvalue weighted by Crippen LogP contribution is -2.45. The first-order valence-corrected chi connectivity index (χ1v) is 10.2. The number of nitrogens with one attached hydrogen (secondary N) is 1. The van der Waals surface area contributed by atoms with Crippen LogP contribution in [-0.4, -0.2) is 63.8 Å². The van der Waals surface area contributed by atoms with Gasteiger partial charge in [0.15, 0.2) is 11.6 Å². The molecule has 3 aromatic rings. The largest absolute Gasteiger partial charge is 0.338 e. The number of hydrogen-bond acceptors (Lipinski definition) is 8. The van der Waals surface area contributed by atoms with Gasteiger partial charge in [0.1, 0.15) is 5.82 Å². The van der Waals surface area contributed by atoms with Gasteiger partial charge < -0.3 is 15.1 Å². The second-order valence-electron chi connectivity index (χ2n) is 7.45. The van der Waals surface area contributed by atoms with Crippen molar-refractivity contribution in [2.45, 2.75) is 6.42 Å². The molecule has 31 heavy (non-hydrogen) atoms. The quantitative estimate of drug-likeness (QED) is 0.590. The van der Waals surface area contributed by atoms with E-state index in [4.69, 9.17) is 0 Å². The molecule has 158 valence electrons. The third-order valence-corrected chi connectivity index (χ3v) is 5.14. The van der Waals surface area contributed by atoms with Gasteiger partial charge in [0.25, 0.3) is 0 Å². The van der Waals surface area contributed by atoms with Crippen LogP contribution in [0.5, 0.6) is 0 Å². The van der Waals surface area contributed by atoms with Gasteiger partial charge in [-0.25, -0.2) is 4.98 Å². The van der Waals surface area contributed by atoms with E-state index in [9.17, 15) is 4.79 Å². The van der Waals surface area contributed by atoms with Crippen LogP contribution in [0.2, 0.25) is 0 Å². The molecule has 1 aliphatic heterocycles. The molecule has 8 nitrogen and oxygen atoms in total. The molecule has 0 spiro atoms. The standard InChI is InChI=1S/C23H25N7O/c1-3-20-25-22(28-23(27-20)30-13-11-29(2)12-14-30)26-21-16-18(9-10-24-21)19(31)15-17-7-5-4-6-8-17/h3-10,16H,1,11-15H2,2H3,(H,24,25,26,27,28). The predicted octanol–water partition coefficient (Wildman–Crippen LogP) is 2.83. The Balaban J connectivity index is 1.52. The highest BCUT2D eigenvalue weighted by molar-refractivity contribution is 5.98. The normalized spacial score (nSPS) is 14.3. The second kappa shape index (κ2) is 9.44. The number of likely N-dealkylation sites (N-methyl/N-ethyl adjacent to an activating group) is 1. The number of Topliss-reactive ketones (excluding diaryl/α,β-unsaturated/α-hetero) is 1. The molecule has 0 amide bonds. The highest BCUT2D eigenvalue weighted by Gasteiger charge is 2.18. The maximum atomic E-state index is 12.7. The van der Waals surface area contributed by atoms with E-state index in [0.29, 0.717) is 35.5 Å². The summed E-state index contributed by atoms with van der Waals surface area (Å²) in [7, 11) is 2.10. The number of rotatable bonds is 7. The third kappa shape index (κ3) is 5.29. The Morgan fingerprint density at radius 2 is 1.87 bits per heavy atom. The monoisotopic (exact) mass is 415 g/mol.